The number of piperidine rings is 1. The number of hydroxylamine groups is 2. The zero-order valence-electron chi connectivity index (χ0n) is 9.70. The van der Waals surface area contributed by atoms with Gasteiger partial charge in [-0.2, -0.15) is 5.06 Å². The summed E-state index contributed by atoms with van der Waals surface area (Å²) in [4.78, 5) is 27.8. The lowest BCUT2D eigenvalue weighted by molar-refractivity contribution is -0.223. The van der Waals surface area contributed by atoms with Crippen LogP contribution in [0.15, 0.2) is 0 Å². The van der Waals surface area contributed by atoms with Crippen molar-refractivity contribution >= 4 is 22.8 Å². The van der Waals surface area contributed by atoms with Crippen LogP contribution in [0.4, 0.5) is 13.6 Å². The van der Waals surface area contributed by atoms with E-state index in [9.17, 15) is 22.6 Å². The lowest BCUT2D eigenvalue weighted by atomic mass is 10.1. The first-order valence-electron chi connectivity index (χ1n) is 5.52. The van der Waals surface area contributed by atoms with Crippen molar-refractivity contribution in [2.45, 2.75) is 30.6 Å². The lowest BCUT2D eigenvalue weighted by Crippen LogP contribution is -2.43. The van der Waals surface area contributed by atoms with E-state index < -0.39 is 46.6 Å². The molecule has 108 valence electrons. The van der Waals surface area contributed by atoms with Crippen LogP contribution in [0.2, 0.25) is 0 Å². The van der Waals surface area contributed by atoms with E-state index in [2.05, 4.69) is 4.84 Å². The van der Waals surface area contributed by atoms with Gasteiger partial charge in [-0.1, -0.05) is 0 Å². The molecule has 2 fully saturated rings. The van der Waals surface area contributed by atoms with Gasteiger partial charge in [0.25, 0.3) is 0 Å². The second-order valence-corrected chi connectivity index (χ2v) is 5.72. The topological polar surface area (TPSA) is 87.2 Å². The van der Waals surface area contributed by atoms with Gasteiger partial charge in [-0.3, -0.25) is 4.21 Å². The number of carboxylic acids is 1. The van der Waals surface area contributed by atoms with Gasteiger partial charge in [-0.15, -0.1) is 0 Å². The molecule has 0 aromatic rings. The minimum atomic E-state index is -2.64. The molecule has 2 aliphatic heterocycles. The Kier molecular flexibility index (Phi) is 3.99. The van der Waals surface area contributed by atoms with Crippen molar-refractivity contribution in [2.75, 3.05) is 12.6 Å². The Morgan fingerprint density at radius 3 is 2.84 bits per heavy atom. The van der Waals surface area contributed by atoms with E-state index in [1.807, 2.05) is 0 Å². The molecular weight excluding hydrogens is 286 g/mol. The highest BCUT2D eigenvalue weighted by molar-refractivity contribution is 7.85. The Morgan fingerprint density at radius 2 is 2.26 bits per heavy atom. The van der Waals surface area contributed by atoms with Gasteiger partial charge in [0.2, 0.25) is 0 Å². The summed E-state index contributed by atoms with van der Waals surface area (Å²) in [5.41, 5.74) is 0. The van der Waals surface area contributed by atoms with Crippen LogP contribution >= 0.6 is 0 Å². The minimum absolute atomic E-state index is 0.127. The molecule has 0 radical (unpaired) electrons. The third-order valence-electron chi connectivity index (χ3n) is 3.08. The molecule has 7 nitrogen and oxygen atoms in total. The fraction of sp³-hybridized carbons (Fsp3) is 0.778. The molecule has 2 heterocycles. The number of hydrogen-bond donors (Lipinski definition) is 1. The number of nitrogens with zero attached hydrogens (tertiary/aromatic N) is 2. The molecule has 19 heavy (non-hydrogen) atoms. The Hall–Kier alpha value is -1.29. The van der Waals surface area contributed by atoms with E-state index in [1.165, 1.54) is 0 Å². The Labute approximate surface area is 109 Å². The van der Waals surface area contributed by atoms with Crippen LogP contribution in [0, 0.1) is 0 Å². The molecule has 0 aromatic heterocycles. The summed E-state index contributed by atoms with van der Waals surface area (Å²) in [5.74, 6) is -1.84. The standard InChI is InChI=1S/C9H12F2N2O5S/c10-4-19(17)6-2-1-5-3-12(6)9(16)13(5)18-7(11)8(14)15/h5-7H,1-4H2,(H,14,15)/t5-,6-,7+,19-/m1/s1. The SMILES string of the molecule is O=C(O)[C@@H](F)ON1C(=O)N2C[C@H]1CC[C@H]2[S@](=O)CF. The van der Waals surface area contributed by atoms with Crippen molar-refractivity contribution in [1.82, 2.24) is 9.96 Å². The summed E-state index contributed by atoms with van der Waals surface area (Å²) in [6.07, 6.45) is -1.99. The molecule has 0 aromatic carbocycles. The molecule has 1 N–H and O–H groups in total. The average Bonchev–Trinajstić information content (AvgIpc) is 2.63. The van der Waals surface area contributed by atoms with E-state index in [0.29, 0.717) is 17.9 Å². The highest BCUT2D eigenvalue weighted by Crippen LogP contribution is 2.32. The van der Waals surface area contributed by atoms with Crippen molar-refractivity contribution in [3.8, 4) is 0 Å². The van der Waals surface area contributed by atoms with Crippen LogP contribution < -0.4 is 0 Å². The predicted molar refractivity (Wildman–Crippen MR) is 58.5 cm³/mol. The van der Waals surface area contributed by atoms with Crippen LogP contribution in [-0.2, 0) is 20.4 Å². The van der Waals surface area contributed by atoms with Crippen LogP contribution in [0.5, 0.6) is 0 Å². The number of amides is 2. The summed E-state index contributed by atoms with van der Waals surface area (Å²) in [6, 6.07) is -2.35. The quantitative estimate of drug-likeness (QED) is 0.783. The predicted octanol–water partition coefficient (Wildman–Crippen LogP) is 0.200. The number of carbonyl (C=O) groups excluding carboxylic acids is 1. The van der Waals surface area contributed by atoms with Crippen molar-refractivity contribution < 1.29 is 32.5 Å². The van der Waals surface area contributed by atoms with E-state index in [4.69, 9.17) is 5.11 Å². The molecule has 0 saturated carbocycles. The van der Waals surface area contributed by atoms with Gasteiger partial charge in [0.1, 0.15) is 5.37 Å². The fourth-order valence-electron chi connectivity index (χ4n) is 2.22. The molecular formula is C9H12F2N2O5S. The normalized spacial score (nSPS) is 29.5. The van der Waals surface area contributed by atoms with Gasteiger partial charge in [0.05, 0.1) is 16.8 Å². The summed E-state index contributed by atoms with van der Waals surface area (Å²) in [5, 5.41) is 8.27. The van der Waals surface area contributed by atoms with Crippen molar-refractivity contribution in [3.63, 3.8) is 0 Å². The molecule has 2 saturated heterocycles. The molecule has 10 heteroatoms. The first kappa shape index (κ1) is 14.1. The molecule has 2 amide bonds. The lowest BCUT2D eigenvalue weighted by Gasteiger charge is -2.28. The summed E-state index contributed by atoms with van der Waals surface area (Å²) < 4.78 is 36.8. The molecule has 2 bridgehead atoms. The molecule has 0 aliphatic carbocycles. The number of carbonyl (C=O) groups is 2. The Morgan fingerprint density at radius 1 is 1.58 bits per heavy atom. The summed E-state index contributed by atoms with van der Waals surface area (Å²) >= 11 is 0. The average molecular weight is 298 g/mol. The number of alkyl halides is 2. The largest absolute Gasteiger partial charge is 0.477 e. The van der Waals surface area contributed by atoms with Gasteiger partial charge in [-0.25, -0.2) is 23.2 Å². The molecule has 2 aliphatic rings. The van der Waals surface area contributed by atoms with Crippen molar-refractivity contribution in [2.24, 2.45) is 0 Å². The second kappa shape index (κ2) is 5.37. The molecule has 0 spiro atoms. The first-order valence-corrected chi connectivity index (χ1v) is 6.90. The first-order chi connectivity index (χ1) is 8.95. The number of rotatable bonds is 5. The van der Waals surface area contributed by atoms with E-state index in [-0.39, 0.29) is 6.54 Å². The number of carboxylic acid groups (broad SMARTS) is 1. The van der Waals surface area contributed by atoms with E-state index >= 15 is 0 Å². The van der Waals surface area contributed by atoms with Crippen LogP contribution in [0.3, 0.4) is 0 Å². The Balaban J connectivity index is 2.09. The monoisotopic (exact) mass is 298 g/mol. The highest BCUT2D eigenvalue weighted by Gasteiger charge is 2.48. The Bertz CT molecular complexity index is 423. The molecule has 4 atom stereocenters. The maximum absolute atomic E-state index is 13.0. The fourth-order valence-corrected chi connectivity index (χ4v) is 3.23. The van der Waals surface area contributed by atoms with Crippen LogP contribution in [0.1, 0.15) is 12.8 Å². The summed E-state index contributed by atoms with van der Waals surface area (Å²) in [6.45, 7) is 0.127. The highest BCUT2D eigenvalue weighted by atomic mass is 32.2. The smallest absolute Gasteiger partial charge is 0.368 e. The molecule has 2 rings (SSSR count). The van der Waals surface area contributed by atoms with E-state index in [1.54, 1.807) is 0 Å². The minimum Gasteiger partial charge on any atom is -0.477 e. The number of urea groups is 1. The maximum Gasteiger partial charge on any atom is 0.368 e. The van der Waals surface area contributed by atoms with Gasteiger partial charge >= 0.3 is 18.4 Å². The van der Waals surface area contributed by atoms with Gasteiger partial charge in [0.15, 0.2) is 6.01 Å². The maximum atomic E-state index is 13.0. The second-order valence-electron chi connectivity index (χ2n) is 4.20. The zero-order valence-corrected chi connectivity index (χ0v) is 10.5. The van der Waals surface area contributed by atoms with Crippen LogP contribution in [-0.4, -0.2) is 61.6 Å². The van der Waals surface area contributed by atoms with Gasteiger partial charge in [-0.05, 0) is 12.8 Å². The molecule has 0 unspecified atom stereocenters. The van der Waals surface area contributed by atoms with Crippen LogP contribution in [0.25, 0.3) is 0 Å². The number of aliphatic carboxylic acids is 1. The van der Waals surface area contributed by atoms with Crippen molar-refractivity contribution in [1.29, 1.82) is 0 Å². The number of hydrogen-bond acceptors (Lipinski definition) is 4. The third kappa shape index (κ3) is 2.54. The van der Waals surface area contributed by atoms with Gasteiger partial charge < -0.3 is 10.0 Å². The van der Waals surface area contributed by atoms with Crippen molar-refractivity contribution in [3.05, 3.63) is 0 Å². The summed E-state index contributed by atoms with van der Waals surface area (Å²) in [7, 11) is -1.83. The van der Waals surface area contributed by atoms with E-state index in [0.717, 1.165) is 4.90 Å². The number of halogens is 2. The van der Waals surface area contributed by atoms with Gasteiger partial charge in [0, 0.05) is 6.54 Å². The number of fused-ring (bicyclic) bond motifs is 2. The third-order valence-corrected chi connectivity index (χ3v) is 4.39. The zero-order chi connectivity index (χ0) is 14.2.